The van der Waals surface area contributed by atoms with Crippen molar-refractivity contribution in [3.8, 4) is 10.7 Å². The molecule has 0 aromatic carbocycles. The van der Waals surface area contributed by atoms with E-state index in [1.165, 1.54) is 18.2 Å². The first kappa shape index (κ1) is 20.0. The summed E-state index contributed by atoms with van der Waals surface area (Å²) in [6.07, 6.45) is 8.11. The molecule has 3 aromatic heterocycles. The summed E-state index contributed by atoms with van der Waals surface area (Å²) in [5.74, 6) is 2.05. The molecule has 0 spiro atoms. The Bertz CT molecular complexity index is 961. The second-order valence-corrected chi connectivity index (χ2v) is 8.71. The molecule has 152 valence electrons. The fraction of sp³-hybridized carbons (Fsp3) is 0.381. The third kappa shape index (κ3) is 4.64. The maximum Gasteiger partial charge on any atom is 0.237 e. The number of carbonyl (C=O) groups excluding carboxylic acids is 1. The van der Waals surface area contributed by atoms with Gasteiger partial charge in [-0.25, -0.2) is 0 Å². The van der Waals surface area contributed by atoms with Crippen LogP contribution in [0.5, 0.6) is 0 Å². The molecule has 6 nitrogen and oxygen atoms in total. The van der Waals surface area contributed by atoms with Crippen LogP contribution in [0.3, 0.4) is 0 Å². The van der Waals surface area contributed by atoms with Crippen molar-refractivity contribution < 1.29 is 9.21 Å². The number of aromatic nitrogens is 3. The number of thiophene rings is 1. The van der Waals surface area contributed by atoms with Crippen LogP contribution < -0.4 is 0 Å². The van der Waals surface area contributed by atoms with E-state index in [0.717, 1.165) is 53.1 Å². The van der Waals surface area contributed by atoms with Crippen LogP contribution in [0.4, 0.5) is 0 Å². The number of carbonyl (C=O) groups is 1. The Balaban J connectivity index is 1.48. The van der Waals surface area contributed by atoms with Crippen molar-refractivity contribution in [1.82, 2.24) is 19.7 Å². The lowest BCUT2D eigenvalue weighted by atomic mass is 10.0. The average molecular weight is 429 g/mol. The highest BCUT2D eigenvalue weighted by Gasteiger charge is 2.22. The number of hydrogen-bond donors (Lipinski definition) is 0. The molecule has 8 heteroatoms. The fourth-order valence-electron chi connectivity index (χ4n) is 3.45. The molecular weight excluding hydrogens is 404 g/mol. The van der Waals surface area contributed by atoms with Gasteiger partial charge in [-0.05, 0) is 56.2 Å². The van der Waals surface area contributed by atoms with Gasteiger partial charge < -0.3 is 13.9 Å². The van der Waals surface area contributed by atoms with E-state index in [1.807, 2.05) is 34.5 Å². The summed E-state index contributed by atoms with van der Waals surface area (Å²) >= 11 is 3.09. The second kappa shape index (κ2) is 9.45. The first-order chi connectivity index (χ1) is 14.3. The molecule has 4 rings (SSSR count). The quantitative estimate of drug-likeness (QED) is 0.462. The molecule has 3 aromatic rings. The lowest BCUT2D eigenvalue weighted by Crippen LogP contribution is -2.32. The zero-order valence-electron chi connectivity index (χ0n) is 16.4. The Morgan fingerprint density at radius 3 is 2.93 bits per heavy atom. The van der Waals surface area contributed by atoms with Crippen molar-refractivity contribution in [3.63, 3.8) is 0 Å². The summed E-state index contributed by atoms with van der Waals surface area (Å²) < 4.78 is 7.57. The number of furan rings is 1. The highest BCUT2D eigenvalue weighted by molar-refractivity contribution is 7.99. The topological polar surface area (TPSA) is 64.2 Å². The molecular formula is C21H24N4O2S2. The minimum atomic E-state index is 0.0721. The maximum absolute atomic E-state index is 13.1. The molecule has 1 aliphatic carbocycles. The third-order valence-electron chi connectivity index (χ3n) is 4.91. The van der Waals surface area contributed by atoms with Crippen molar-refractivity contribution in [2.24, 2.45) is 0 Å². The molecule has 1 amide bonds. The van der Waals surface area contributed by atoms with Gasteiger partial charge in [0.05, 0.1) is 23.4 Å². The summed E-state index contributed by atoms with van der Waals surface area (Å²) in [7, 11) is 0. The highest BCUT2D eigenvalue weighted by atomic mass is 32.2. The molecule has 0 bridgehead atoms. The van der Waals surface area contributed by atoms with E-state index in [-0.39, 0.29) is 5.91 Å². The summed E-state index contributed by atoms with van der Waals surface area (Å²) in [6.45, 7) is 3.31. The molecule has 0 saturated carbocycles. The number of rotatable bonds is 8. The zero-order valence-corrected chi connectivity index (χ0v) is 18.0. The molecule has 0 atom stereocenters. The monoisotopic (exact) mass is 428 g/mol. The van der Waals surface area contributed by atoms with E-state index in [0.29, 0.717) is 12.3 Å². The number of thioether (sulfide) groups is 1. The van der Waals surface area contributed by atoms with Crippen molar-refractivity contribution in [2.75, 3.05) is 5.75 Å². The summed E-state index contributed by atoms with van der Waals surface area (Å²) in [5.41, 5.74) is 1.11. The van der Waals surface area contributed by atoms with Crippen LogP contribution in [-0.2, 0) is 17.9 Å². The van der Waals surface area contributed by atoms with E-state index in [4.69, 9.17) is 4.42 Å². The Kier molecular flexibility index (Phi) is 6.51. The van der Waals surface area contributed by atoms with Crippen LogP contribution in [0.2, 0.25) is 0 Å². The summed E-state index contributed by atoms with van der Waals surface area (Å²) in [5, 5.41) is 11.5. The first-order valence-electron chi connectivity index (χ1n) is 9.88. The van der Waals surface area contributed by atoms with Crippen LogP contribution >= 0.6 is 23.1 Å². The first-order valence-corrected chi connectivity index (χ1v) is 11.7. The number of amides is 1. The summed E-state index contributed by atoms with van der Waals surface area (Å²) in [6, 6.07) is 7.83. The van der Waals surface area contributed by atoms with Gasteiger partial charge in [-0.2, -0.15) is 0 Å². The number of hydrogen-bond acceptors (Lipinski definition) is 6. The summed E-state index contributed by atoms with van der Waals surface area (Å²) in [4.78, 5) is 16.1. The molecule has 1 aliphatic rings. The Morgan fingerprint density at radius 2 is 2.24 bits per heavy atom. The molecule has 0 fully saturated rings. The van der Waals surface area contributed by atoms with Gasteiger partial charge in [0.2, 0.25) is 5.91 Å². The third-order valence-corrected chi connectivity index (χ3v) is 6.73. The number of nitrogens with zero attached hydrogens (tertiary/aromatic N) is 4. The van der Waals surface area contributed by atoms with Crippen LogP contribution in [0.1, 0.15) is 38.4 Å². The molecule has 0 radical (unpaired) electrons. The zero-order chi connectivity index (χ0) is 20.1. The van der Waals surface area contributed by atoms with Gasteiger partial charge in [-0.3, -0.25) is 4.79 Å². The average Bonchev–Trinajstić information content (AvgIpc) is 3.52. The smallest absolute Gasteiger partial charge is 0.237 e. The van der Waals surface area contributed by atoms with Gasteiger partial charge in [0.25, 0.3) is 0 Å². The Labute approximate surface area is 178 Å². The van der Waals surface area contributed by atoms with E-state index < -0.39 is 0 Å². The van der Waals surface area contributed by atoms with Crippen LogP contribution in [0.25, 0.3) is 10.7 Å². The normalized spacial score (nSPS) is 14.0. The molecule has 0 aliphatic heterocycles. The van der Waals surface area contributed by atoms with Crippen molar-refractivity contribution in [1.29, 1.82) is 0 Å². The predicted molar refractivity (Wildman–Crippen MR) is 116 cm³/mol. The predicted octanol–water partition coefficient (Wildman–Crippen LogP) is 5.20. The fourth-order valence-corrected chi connectivity index (χ4v) is 5.04. The second-order valence-electron chi connectivity index (χ2n) is 6.82. The van der Waals surface area contributed by atoms with Crippen LogP contribution in [0.15, 0.2) is 57.3 Å². The van der Waals surface area contributed by atoms with E-state index in [1.54, 1.807) is 17.6 Å². The standard InChI is InChI=1S/C21H24N4O2S2/c1-2-24-20(18-11-7-13-28-18)22-23-21(24)29-15-19(26)25(14-17-10-6-12-27-17)16-8-4-3-5-9-16/h6-8,10-13H,2-5,9,14-15H2,1H3. The van der Waals surface area contributed by atoms with Crippen molar-refractivity contribution >= 4 is 29.0 Å². The van der Waals surface area contributed by atoms with Gasteiger partial charge >= 0.3 is 0 Å². The highest BCUT2D eigenvalue weighted by Crippen LogP contribution is 2.28. The van der Waals surface area contributed by atoms with Crippen molar-refractivity contribution in [2.45, 2.75) is 50.9 Å². The van der Waals surface area contributed by atoms with Gasteiger partial charge in [0.15, 0.2) is 11.0 Å². The minimum Gasteiger partial charge on any atom is -0.467 e. The Morgan fingerprint density at radius 1 is 1.31 bits per heavy atom. The van der Waals surface area contributed by atoms with Crippen LogP contribution in [-0.4, -0.2) is 31.3 Å². The van der Waals surface area contributed by atoms with E-state index in [9.17, 15) is 4.79 Å². The molecule has 0 unspecified atom stereocenters. The van der Waals surface area contributed by atoms with Gasteiger partial charge in [0.1, 0.15) is 5.76 Å². The largest absolute Gasteiger partial charge is 0.467 e. The molecule has 29 heavy (non-hydrogen) atoms. The van der Waals surface area contributed by atoms with Gasteiger partial charge in [-0.15, -0.1) is 21.5 Å². The van der Waals surface area contributed by atoms with Gasteiger partial charge in [-0.1, -0.05) is 23.9 Å². The molecule has 0 saturated heterocycles. The minimum absolute atomic E-state index is 0.0721. The molecule has 3 heterocycles. The van der Waals surface area contributed by atoms with Crippen molar-refractivity contribution in [3.05, 3.63) is 53.4 Å². The number of allylic oxidation sites excluding steroid dienone is 2. The Hall–Kier alpha value is -2.32. The lowest BCUT2D eigenvalue weighted by Gasteiger charge is -2.27. The SMILES string of the molecule is CCn1c(SCC(=O)N(Cc2ccco2)C2=CCCCC2)nnc1-c1cccs1. The van der Waals surface area contributed by atoms with Crippen LogP contribution in [0, 0.1) is 0 Å². The lowest BCUT2D eigenvalue weighted by molar-refractivity contribution is -0.127. The van der Waals surface area contributed by atoms with Gasteiger partial charge in [0, 0.05) is 12.2 Å². The van der Waals surface area contributed by atoms with E-state index >= 15 is 0 Å². The molecule has 0 N–H and O–H groups in total. The maximum atomic E-state index is 13.1. The van der Waals surface area contributed by atoms with E-state index in [2.05, 4.69) is 27.8 Å².